The highest BCUT2D eigenvalue weighted by Crippen LogP contribution is 2.14. The third kappa shape index (κ3) is 4.07. The summed E-state index contributed by atoms with van der Waals surface area (Å²) in [5, 5.41) is 0. The number of benzene rings is 1. The quantitative estimate of drug-likeness (QED) is 0.355. The van der Waals surface area contributed by atoms with Crippen LogP contribution < -0.4 is 16.2 Å². The number of hydrogen-bond donors (Lipinski definition) is 2. The Morgan fingerprint density at radius 1 is 1.29 bits per heavy atom. The Hall–Kier alpha value is -1.55. The summed E-state index contributed by atoms with van der Waals surface area (Å²) in [6.07, 6.45) is 2.26. The number of hydrazine groups is 1. The van der Waals surface area contributed by atoms with Crippen LogP contribution >= 0.6 is 0 Å². The van der Waals surface area contributed by atoms with E-state index in [0.29, 0.717) is 0 Å². The van der Waals surface area contributed by atoms with E-state index in [-0.39, 0.29) is 0 Å². The lowest BCUT2D eigenvalue weighted by Crippen LogP contribution is -2.45. The Morgan fingerprint density at radius 3 is 2.53 bits per heavy atom. The first kappa shape index (κ1) is 13.5. The lowest BCUT2D eigenvalue weighted by molar-refractivity contribution is 0.777. The second-order valence-corrected chi connectivity index (χ2v) is 3.78. The van der Waals surface area contributed by atoms with Gasteiger partial charge in [0.15, 0.2) is 0 Å². The molecular formula is C13H22N4. The highest BCUT2D eigenvalue weighted by Gasteiger charge is 2.11. The van der Waals surface area contributed by atoms with Crippen molar-refractivity contribution < 1.29 is 0 Å². The predicted molar refractivity (Wildman–Crippen MR) is 74.0 cm³/mol. The van der Waals surface area contributed by atoms with E-state index in [2.05, 4.69) is 34.4 Å². The standard InChI is InChI=1S/C13H22N4/c1-3-5-11-17(13(16-14)15-4-2)12-9-7-6-8-10-12/h6-10H,3-5,11,14H2,1-2H3,(H,15,16). The van der Waals surface area contributed by atoms with E-state index >= 15 is 0 Å². The predicted octanol–water partition coefficient (Wildman–Crippen LogP) is 2.13. The number of nitrogens with two attached hydrogens (primary N) is 1. The van der Waals surface area contributed by atoms with Gasteiger partial charge in [-0.1, -0.05) is 31.5 Å². The van der Waals surface area contributed by atoms with E-state index in [1.807, 2.05) is 25.1 Å². The summed E-state index contributed by atoms with van der Waals surface area (Å²) < 4.78 is 0. The fraction of sp³-hybridized carbons (Fsp3) is 0.462. The molecule has 0 spiro atoms. The number of guanidine groups is 1. The number of aliphatic imine (C=N–C) groups is 1. The average molecular weight is 234 g/mol. The number of rotatable bonds is 5. The van der Waals surface area contributed by atoms with Crippen molar-refractivity contribution in [1.29, 1.82) is 0 Å². The molecule has 1 aromatic carbocycles. The third-order valence-electron chi connectivity index (χ3n) is 2.50. The zero-order valence-corrected chi connectivity index (χ0v) is 10.7. The number of anilines is 1. The van der Waals surface area contributed by atoms with Crippen molar-refractivity contribution in [3.63, 3.8) is 0 Å². The first-order valence-electron chi connectivity index (χ1n) is 6.17. The summed E-state index contributed by atoms with van der Waals surface area (Å²) in [6, 6.07) is 10.2. The fourth-order valence-electron chi connectivity index (χ4n) is 1.64. The van der Waals surface area contributed by atoms with Crippen molar-refractivity contribution in [3.8, 4) is 0 Å². The zero-order chi connectivity index (χ0) is 12.5. The van der Waals surface area contributed by atoms with Gasteiger partial charge in [-0.2, -0.15) is 0 Å². The van der Waals surface area contributed by atoms with Crippen LogP contribution in [0.3, 0.4) is 0 Å². The lowest BCUT2D eigenvalue weighted by atomic mass is 10.2. The van der Waals surface area contributed by atoms with Crippen LogP contribution in [0.1, 0.15) is 26.7 Å². The Bertz CT molecular complexity index is 335. The minimum Gasteiger partial charge on any atom is -0.312 e. The van der Waals surface area contributed by atoms with Gasteiger partial charge in [-0.15, -0.1) is 0 Å². The number of nitrogens with zero attached hydrogens (tertiary/aromatic N) is 2. The van der Waals surface area contributed by atoms with Crippen LogP contribution in [0.15, 0.2) is 35.3 Å². The Kier molecular flexibility index (Phi) is 6.10. The van der Waals surface area contributed by atoms with Gasteiger partial charge in [0.2, 0.25) is 5.96 Å². The van der Waals surface area contributed by atoms with Gasteiger partial charge in [0.25, 0.3) is 0 Å². The van der Waals surface area contributed by atoms with Gasteiger partial charge >= 0.3 is 0 Å². The summed E-state index contributed by atoms with van der Waals surface area (Å²) in [4.78, 5) is 6.50. The lowest BCUT2D eigenvalue weighted by Gasteiger charge is -2.25. The molecule has 0 radical (unpaired) electrons. The molecule has 0 aliphatic rings. The van der Waals surface area contributed by atoms with Crippen LogP contribution in [0.5, 0.6) is 0 Å². The SMILES string of the molecule is CCCCN(C(=NCC)NN)c1ccccc1. The van der Waals surface area contributed by atoms with Crippen molar-refractivity contribution in [2.45, 2.75) is 26.7 Å². The van der Waals surface area contributed by atoms with Crippen LogP contribution in [-0.2, 0) is 0 Å². The van der Waals surface area contributed by atoms with E-state index in [0.717, 1.165) is 37.6 Å². The number of nitrogens with one attached hydrogen (secondary N) is 1. The molecule has 94 valence electrons. The summed E-state index contributed by atoms with van der Waals surface area (Å²) in [5.74, 6) is 6.28. The summed E-state index contributed by atoms with van der Waals surface area (Å²) in [6.45, 7) is 5.81. The molecule has 0 atom stereocenters. The molecule has 0 fully saturated rings. The molecule has 1 aromatic rings. The molecular weight excluding hydrogens is 212 g/mol. The summed E-state index contributed by atoms with van der Waals surface area (Å²) in [7, 11) is 0. The Balaban J connectivity index is 2.90. The van der Waals surface area contributed by atoms with E-state index in [1.54, 1.807) is 0 Å². The first-order chi connectivity index (χ1) is 8.33. The first-order valence-corrected chi connectivity index (χ1v) is 6.17. The molecule has 0 aliphatic heterocycles. The van der Waals surface area contributed by atoms with E-state index in [9.17, 15) is 0 Å². The van der Waals surface area contributed by atoms with Crippen LogP contribution in [0.2, 0.25) is 0 Å². The molecule has 0 unspecified atom stereocenters. The number of unbranched alkanes of at least 4 members (excludes halogenated alkanes) is 1. The van der Waals surface area contributed by atoms with Crippen LogP contribution in [0, 0.1) is 0 Å². The number of hydrogen-bond acceptors (Lipinski definition) is 2. The zero-order valence-electron chi connectivity index (χ0n) is 10.7. The molecule has 0 heterocycles. The maximum atomic E-state index is 5.55. The fourth-order valence-corrected chi connectivity index (χ4v) is 1.64. The van der Waals surface area contributed by atoms with E-state index < -0.39 is 0 Å². The molecule has 0 bridgehead atoms. The molecule has 0 aromatic heterocycles. The third-order valence-corrected chi connectivity index (χ3v) is 2.50. The second kappa shape index (κ2) is 7.68. The van der Waals surface area contributed by atoms with Gasteiger partial charge in [-0.25, -0.2) is 5.84 Å². The Labute approximate surface area is 104 Å². The minimum atomic E-state index is 0.717. The van der Waals surface area contributed by atoms with Crippen LogP contribution in [-0.4, -0.2) is 19.0 Å². The van der Waals surface area contributed by atoms with Gasteiger partial charge in [0.1, 0.15) is 0 Å². The van der Waals surface area contributed by atoms with Gasteiger partial charge in [0.05, 0.1) is 0 Å². The largest absolute Gasteiger partial charge is 0.312 e. The topological polar surface area (TPSA) is 53.6 Å². The van der Waals surface area contributed by atoms with Crippen LogP contribution in [0.25, 0.3) is 0 Å². The maximum Gasteiger partial charge on any atom is 0.212 e. The molecule has 0 saturated heterocycles. The summed E-state index contributed by atoms with van der Waals surface area (Å²) in [5.41, 5.74) is 3.80. The molecule has 0 amide bonds. The highest BCUT2D eigenvalue weighted by atomic mass is 15.4. The van der Waals surface area contributed by atoms with Crippen molar-refractivity contribution in [2.75, 3.05) is 18.0 Å². The average Bonchev–Trinajstić information content (AvgIpc) is 2.39. The van der Waals surface area contributed by atoms with Gasteiger partial charge in [0, 0.05) is 18.8 Å². The summed E-state index contributed by atoms with van der Waals surface area (Å²) >= 11 is 0. The molecule has 0 aliphatic carbocycles. The molecule has 1 rings (SSSR count). The molecule has 4 heteroatoms. The molecule has 17 heavy (non-hydrogen) atoms. The highest BCUT2D eigenvalue weighted by molar-refractivity contribution is 5.95. The van der Waals surface area contributed by atoms with Crippen molar-refractivity contribution >= 4 is 11.6 Å². The minimum absolute atomic E-state index is 0.717. The smallest absolute Gasteiger partial charge is 0.212 e. The van der Waals surface area contributed by atoms with Crippen molar-refractivity contribution in [3.05, 3.63) is 30.3 Å². The van der Waals surface area contributed by atoms with Crippen molar-refractivity contribution in [1.82, 2.24) is 5.43 Å². The van der Waals surface area contributed by atoms with Gasteiger partial charge < -0.3 is 4.90 Å². The number of para-hydroxylation sites is 1. The molecule has 0 saturated carbocycles. The van der Waals surface area contributed by atoms with E-state index in [4.69, 9.17) is 5.84 Å². The second-order valence-electron chi connectivity index (χ2n) is 3.78. The molecule has 3 N–H and O–H groups in total. The molecule has 4 nitrogen and oxygen atoms in total. The Morgan fingerprint density at radius 2 is 2.00 bits per heavy atom. The van der Waals surface area contributed by atoms with Crippen molar-refractivity contribution in [2.24, 2.45) is 10.8 Å². The van der Waals surface area contributed by atoms with E-state index in [1.165, 1.54) is 0 Å². The normalized spacial score (nSPS) is 11.4. The van der Waals surface area contributed by atoms with Gasteiger partial charge in [-0.05, 0) is 25.5 Å². The maximum absolute atomic E-state index is 5.55. The van der Waals surface area contributed by atoms with Crippen LogP contribution in [0.4, 0.5) is 5.69 Å². The monoisotopic (exact) mass is 234 g/mol. The van der Waals surface area contributed by atoms with Gasteiger partial charge in [-0.3, -0.25) is 10.4 Å².